The summed E-state index contributed by atoms with van der Waals surface area (Å²) >= 11 is 0. The Morgan fingerprint density at radius 3 is 2.60 bits per heavy atom. The molecule has 0 fully saturated rings. The van der Waals surface area contributed by atoms with Crippen LogP contribution in [-0.4, -0.2) is 4.92 Å². The van der Waals surface area contributed by atoms with Crippen molar-refractivity contribution in [2.24, 2.45) is 0 Å². The van der Waals surface area contributed by atoms with Crippen molar-refractivity contribution in [3.63, 3.8) is 0 Å². The van der Waals surface area contributed by atoms with Crippen LogP contribution in [0.5, 0.6) is 0 Å². The summed E-state index contributed by atoms with van der Waals surface area (Å²) in [6, 6.07) is 6.35. The van der Waals surface area contributed by atoms with Crippen molar-refractivity contribution in [2.45, 2.75) is 13.3 Å². The normalized spacial score (nSPS) is 9.00. The van der Waals surface area contributed by atoms with E-state index in [0.29, 0.717) is 11.1 Å². The van der Waals surface area contributed by atoms with Crippen molar-refractivity contribution in [2.75, 3.05) is 0 Å². The lowest BCUT2D eigenvalue weighted by Gasteiger charge is -2.03. The standard InChI is InChI=1S/C10H7N3O2/c1-7-4-9(13(14)15)5-8(6-12)10(7)2-3-11/h4-5H,2H2,1H3. The summed E-state index contributed by atoms with van der Waals surface area (Å²) in [7, 11) is 0. The number of rotatable bonds is 2. The first-order chi connectivity index (χ1) is 7.10. The molecule has 1 aromatic rings. The second-order valence-corrected chi connectivity index (χ2v) is 2.99. The molecule has 0 aliphatic rings. The van der Waals surface area contributed by atoms with Crippen LogP contribution in [-0.2, 0) is 6.42 Å². The number of hydrogen-bond acceptors (Lipinski definition) is 4. The average molecular weight is 201 g/mol. The molecule has 0 aliphatic carbocycles. The summed E-state index contributed by atoms with van der Waals surface area (Å²) in [6.45, 7) is 1.65. The van der Waals surface area contributed by atoms with Crippen LogP contribution in [0.15, 0.2) is 12.1 Å². The van der Waals surface area contributed by atoms with Crippen molar-refractivity contribution in [3.05, 3.63) is 38.9 Å². The second kappa shape index (κ2) is 4.21. The van der Waals surface area contributed by atoms with E-state index in [1.165, 1.54) is 12.1 Å². The van der Waals surface area contributed by atoms with Gasteiger partial charge in [0.05, 0.1) is 29.0 Å². The van der Waals surface area contributed by atoms with E-state index in [9.17, 15) is 10.1 Å². The fourth-order valence-corrected chi connectivity index (χ4v) is 1.32. The van der Waals surface area contributed by atoms with E-state index in [-0.39, 0.29) is 17.7 Å². The zero-order chi connectivity index (χ0) is 11.4. The molecule has 0 spiro atoms. The van der Waals surface area contributed by atoms with Gasteiger partial charge in [-0.1, -0.05) is 0 Å². The van der Waals surface area contributed by atoms with Gasteiger partial charge in [0.15, 0.2) is 0 Å². The first-order valence-electron chi connectivity index (χ1n) is 4.15. The molecular weight excluding hydrogens is 194 g/mol. The molecule has 0 unspecified atom stereocenters. The van der Waals surface area contributed by atoms with E-state index >= 15 is 0 Å². The van der Waals surface area contributed by atoms with Gasteiger partial charge in [-0.2, -0.15) is 10.5 Å². The molecule has 5 heteroatoms. The SMILES string of the molecule is Cc1cc([N+](=O)[O-])cc(C#N)c1CC#N. The minimum absolute atomic E-state index is 0.0900. The number of nitro groups is 1. The number of nitriles is 2. The van der Waals surface area contributed by atoms with Crippen LogP contribution in [0.25, 0.3) is 0 Å². The van der Waals surface area contributed by atoms with Crippen molar-refractivity contribution < 1.29 is 4.92 Å². The van der Waals surface area contributed by atoms with E-state index in [1.54, 1.807) is 6.92 Å². The van der Waals surface area contributed by atoms with E-state index < -0.39 is 4.92 Å². The summed E-state index contributed by atoms with van der Waals surface area (Å²) in [5.74, 6) is 0. The molecular formula is C10H7N3O2. The lowest BCUT2D eigenvalue weighted by molar-refractivity contribution is -0.384. The summed E-state index contributed by atoms with van der Waals surface area (Å²) in [5.41, 5.74) is 1.24. The molecule has 0 heterocycles. The predicted octanol–water partition coefficient (Wildman–Crippen LogP) is 1.84. The Bertz CT molecular complexity index is 495. The van der Waals surface area contributed by atoms with Crippen LogP contribution < -0.4 is 0 Å². The third kappa shape index (κ3) is 2.09. The Hall–Kier alpha value is -2.40. The summed E-state index contributed by atoms with van der Waals surface area (Å²) in [5, 5.41) is 27.9. The molecule has 0 bridgehead atoms. The van der Waals surface area contributed by atoms with Gasteiger partial charge in [0.2, 0.25) is 0 Å². The molecule has 0 aromatic heterocycles. The number of benzene rings is 1. The molecule has 74 valence electrons. The molecule has 0 saturated carbocycles. The van der Waals surface area contributed by atoms with Crippen LogP contribution in [0.4, 0.5) is 5.69 Å². The third-order valence-corrected chi connectivity index (χ3v) is 2.04. The van der Waals surface area contributed by atoms with Crippen molar-refractivity contribution in [1.29, 1.82) is 10.5 Å². The Labute approximate surface area is 86.3 Å². The Morgan fingerprint density at radius 1 is 1.47 bits per heavy atom. The summed E-state index contributed by atoms with van der Waals surface area (Å²) in [6.07, 6.45) is 0.0900. The maximum Gasteiger partial charge on any atom is 0.271 e. The quantitative estimate of drug-likeness (QED) is 0.539. The largest absolute Gasteiger partial charge is 0.271 e. The van der Waals surface area contributed by atoms with E-state index in [2.05, 4.69) is 0 Å². The highest BCUT2D eigenvalue weighted by Gasteiger charge is 2.13. The van der Waals surface area contributed by atoms with Crippen molar-refractivity contribution in [1.82, 2.24) is 0 Å². The summed E-state index contributed by atoms with van der Waals surface area (Å²) < 4.78 is 0. The fourth-order valence-electron chi connectivity index (χ4n) is 1.32. The number of nitro benzene ring substituents is 1. The van der Waals surface area contributed by atoms with Gasteiger partial charge in [-0.05, 0) is 18.1 Å². The predicted molar refractivity (Wildman–Crippen MR) is 51.9 cm³/mol. The van der Waals surface area contributed by atoms with Crippen LogP contribution >= 0.6 is 0 Å². The monoisotopic (exact) mass is 201 g/mol. The molecule has 0 N–H and O–H groups in total. The number of nitrogens with zero attached hydrogens (tertiary/aromatic N) is 3. The minimum atomic E-state index is -0.552. The van der Waals surface area contributed by atoms with Gasteiger partial charge in [0.25, 0.3) is 5.69 Å². The van der Waals surface area contributed by atoms with Crippen LogP contribution in [0.3, 0.4) is 0 Å². The van der Waals surface area contributed by atoms with Gasteiger partial charge in [-0.3, -0.25) is 10.1 Å². The Morgan fingerprint density at radius 2 is 2.13 bits per heavy atom. The van der Waals surface area contributed by atoms with Crippen LogP contribution in [0, 0.1) is 39.7 Å². The smallest absolute Gasteiger partial charge is 0.258 e. The highest BCUT2D eigenvalue weighted by Crippen LogP contribution is 2.21. The molecule has 1 rings (SSSR count). The number of non-ortho nitro benzene ring substituents is 1. The molecule has 0 saturated heterocycles. The molecule has 15 heavy (non-hydrogen) atoms. The Balaban J connectivity index is 3.40. The van der Waals surface area contributed by atoms with E-state index in [4.69, 9.17) is 10.5 Å². The molecule has 0 aliphatic heterocycles. The van der Waals surface area contributed by atoms with Gasteiger partial charge < -0.3 is 0 Å². The Kier molecular flexibility index (Phi) is 3.00. The zero-order valence-electron chi connectivity index (χ0n) is 8.02. The lowest BCUT2D eigenvalue weighted by Crippen LogP contribution is -1.97. The van der Waals surface area contributed by atoms with E-state index in [1.807, 2.05) is 12.1 Å². The molecule has 0 atom stereocenters. The second-order valence-electron chi connectivity index (χ2n) is 2.99. The van der Waals surface area contributed by atoms with Gasteiger partial charge in [-0.25, -0.2) is 0 Å². The minimum Gasteiger partial charge on any atom is -0.258 e. The van der Waals surface area contributed by atoms with Gasteiger partial charge in [0, 0.05) is 12.1 Å². The highest BCUT2D eigenvalue weighted by molar-refractivity contribution is 5.51. The van der Waals surface area contributed by atoms with Crippen LogP contribution in [0.1, 0.15) is 16.7 Å². The lowest BCUT2D eigenvalue weighted by atomic mass is 9.99. The molecule has 1 aromatic carbocycles. The molecule has 5 nitrogen and oxygen atoms in total. The maximum absolute atomic E-state index is 10.5. The third-order valence-electron chi connectivity index (χ3n) is 2.04. The number of hydrogen-bond donors (Lipinski definition) is 0. The maximum atomic E-state index is 10.5. The van der Waals surface area contributed by atoms with Gasteiger partial charge in [-0.15, -0.1) is 0 Å². The first kappa shape index (κ1) is 10.7. The zero-order valence-corrected chi connectivity index (χ0v) is 8.02. The van der Waals surface area contributed by atoms with Gasteiger partial charge >= 0.3 is 0 Å². The summed E-state index contributed by atoms with van der Waals surface area (Å²) in [4.78, 5) is 9.97. The average Bonchev–Trinajstić information content (AvgIpc) is 2.20. The molecule has 0 amide bonds. The van der Waals surface area contributed by atoms with Crippen LogP contribution in [0.2, 0.25) is 0 Å². The molecule has 0 radical (unpaired) electrons. The van der Waals surface area contributed by atoms with E-state index in [0.717, 1.165) is 0 Å². The topological polar surface area (TPSA) is 90.7 Å². The van der Waals surface area contributed by atoms with Gasteiger partial charge in [0.1, 0.15) is 0 Å². The first-order valence-corrected chi connectivity index (χ1v) is 4.15. The highest BCUT2D eigenvalue weighted by atomic mass is 16.6. The number of aryl methyl sites for hydroxylation is 1. The fraction of sp³-hybridized carbons (Fsp3) is 0.200. The van der Waals surface area contributed by atoms with Crippen molar-refractivity contribution in [3.8, 4) is 12.1 Å². The van der Waals surface area contributed by atoms with Crippen molar-refractivity contribution >= 4 is 5.69 Å².